The van der Waals surface area contributed by atoms with Crippen molar-refractivity contribution in [3.63, 3.8) is 0 Å². The van der Waals surface area contributed by atoms with Crippen LogP contribution in [0, 0.1) is 13.8 Å². The first-order chi connectivity index (χ1) is 5.75. The van der Waals surface area contributed by atoms with Gasteiger partial charge in [-0.05, 0) is 24.6 Å². The third-order valence-corrected chi connectivity index (χ3v) is 2.15. The SMILES string of the molecule is C.Cc1ccc2cc(C)ccc2c1. The molecular formula is C13H16. The Bertz CT molecular complexity index is 372. The van der Waals surface area contributed by atoms with Gasteiger partial charge in [0, 0.05) is 0 Å². The fraction of sp³-hybridized carbons (Fsp3) is 0.231. The van der Waals surface area contributed by atoms with Gasteiger partial charge in [0.05, 0.1) is 0 Å². The van der Waals surface area contributed by atoms with Gasteiger partial charge in [-0.1, -0.05) is 55.0 Å². The Morgan fingerprint density at radius 2 is 1.08 bits per heavy atom. The van der Waals surface area contributed by atoms with E-state index in [-0.39, 0.29) is 7.43 Å². The molecule has 0 saturated heterocycles. The van der Waals surface area contributed by atoms with Crippen LogP contribution in [0.2, 0.25) is 0 Å². The molecular weight excluding hydrogens is 156 g/mol. The molecule has 2 aromatic rings. The van der Waals surface area contributed by atoms with Crippen molar-refractivity contribution in [2.45, 2.75) is 21.3 Å². The Morgan fingerprint density at radius 1 is 0.692 bits per heavy atom. The van der Waals surface area contributed by atoms with E-state index in [2.05, 4.69) is 50.2 Å². The van der Waals surface area contributed by atoms with Crippen molar-refractivity contribution in [3.05, 3.63) is 47.5 Å². The quantitative estimate of drug-likeness (QED) is 0.561. The van der Waals surface area contributed by atoms with Crippen LogP contribution in [0.15, 0.2) is 36.4 Å². The van der Waals surface area contributed by atoms with Gasteiger partial charge in [0.2, 0.25) is 0 Å². The minimum absolute atomic E-state index is 0. The molecule has 0 radical (unpaired) electrons. The lowest BCUT2D eigenvalue weighted by Gasteiger charge is -1.99. The van der Waals surface area contributed by atoms with Crippen LogP contribution in [-0.4, -0.2) is 0 Å². The molecule has 0 bridgehead atoms. The second-order valence-electron chi connectivity index (χ2n) is 3.35. The Balaban J connectivity index is 0.000000845. The summed E-state index contributed by atoms with van der Waals surface area (Å²) in [5.74, 6) is 0. The van der Waals surface area contributed by atoms with E-state index in [1.807, 2.05) is 0 Å². The molecule has 68 valence electrons. The molecule has 0 N–H and O–H groups in total. The zero-order valence-corrected chi connectivity index (χ0v) is 7.46. The van der Waals surface area contributed by atoms with Crippen molar-refractivity contribution in [1.82, 2.24) is 0 Å². The van der Waals surface area contributed by atoms with Crippen LogP contribution in [-0.2, 0) is 0 Å². The highest BCUT2D eigenvalue weighted by atomic mass is 14.0. The number of hydrogen-bond acceptors (Lipinski definition) is 0. The second kappa shape index (κ2) is 3.61. The summed E-state index contributed by atoms with van der Waals surface area (Å²) in [6, 6.07) is 13.1. The molecule has 0 atom stereocenters. The molecule has 0 aliphatic rings. The molecule has 0 nitrogen and oxygen atoms in total. The van der Waals surface area contributed by atoms with E-state index in [4.69, 9.17) is 0 Å². The minimum Gasteiger partial charge on any atom is -0.0776 e. The maximum absolute atomic E-state index is 2.22. The van der Waals surface area contributed by atoms with Gasteiger partial charge in [-0.3, -0.25) is 0 Å². The lowest BCUT2D eigenvalue weighted by atomic mass is 10.1. The number of hydrogen-bond donors (Lipinski definition) is 0. The summed E-state index contributed by atoms with van der Waals surface area (Å²) in [5.41, 5.74) is 2.65. The lowest BCUT2D eigenvalue weighted by molar-refractivity contribution is 1.47. The second-order valence-corrected chi connectivity index (χ2v) is 3.35. The van der Waals surface area contributed by atoms with Gasteiger partial charge in [0.25, 0.3) is 0 Å². The largest absolute Gasteiger partial charge is 0.0776 e. The smallest absolute Gasteiger partial charge is 0.0181 e. The first-order valence-electron chi connectivity index (χ1n) is 4.23. The van der Waals surface area contributed by atoms with Crippen LogP contribution in [0.5, 0.6) is 0 Å². The summed E-state index contributed by atoms with van der Waals surface area (Å²) in [5, 5.41) is 2.67. The van der Waals surface area contributed by atoms with E-state index in [0.717, 1.165) is 0 Å². The van der Waals surface area contributed by atoms with Crippen molar-refractivity contribution >= 4 is 10.8 Å². The third kappa shape index (κ3) is 1.89. The van der Waals surface area contributed by atoms with Gasteiger partial charge in [-0.15, -0.1) is 0 Å². The molecule has 0 heteroatoms. The summed E-state index contributed by atoms with van der Waals surface area (Å²) in [6.45, 7) is 4.25. The zero-order chi connectivity index (χ0) is 8.55. The van der Waals surface area contributed by atoms with Gasteiger partial charge in [-0.25, -0.2) is 0 Å². The van der Waals surface area contributed by atoms with E-state index in [9.17, 15) is 0 Å². The van der Waals surface area contributed by atoms with Crippen LogP contribution in [0.1, 0.15) is 18.6 Å². The topological polar surface area (TPSA) is 0 Å². The molecule has 0 unspecified atom stereocenters. The molecule has 0 saturated carbocycles. The first kappa shape index (κ1) is 9.79. The maximum atomic E-state index is 2.22. The average Bonchev–Trinajstić information content (AvgIpc) is 2.05. The summed E-state index contributed by atoms with van der Waals surface area (Å²) < 4.78 is 0. The van der Waals surface area contributed by atoms with Crippen LogP contribution >= 0.6 is 0 Å². The van der Waals surface area contributed by atoms with Gasteiger partial charge < -0.3 is 0 Å². The Hall–Kier alpha value is -1.30. The molecule has 0 heterocycles. The first-order valence-corrected chi connectivity index (χ1v) is 4.23. The zero-order valence-electron chi connectivity index (χ0n) is 7.46. The van der Waals surface area contributed by atoms with E-state index in [1.54, 1.807) is 0 Å². The number of rotatable bonds is 0. The van der Waals surface area contributed by atoms with Gasteiger partial charge in [-0.2, -0.15) is 0 Å². The lowest BCUT2D eigenvalue weighted by Crippen LogP contribution is -1.76. The fourth-order valence-electron chi connectivity index (χ4n) is 1.48. The maximum Gasteiger partial charge on any atom is -0.0181 e. The van der Waals surface area contributed by atoms with Gasteiger partial charge in [0.15, 0.2) is 0 Å². The molecule has 0 aromatic heterocycles. The van der Waals surface area contributed by atoms with E-state index in [0.29, 0.717) is 0 Å². The van der Waals surface area contributed by atoms with Crippen LogP contribution in [0.3, 0.4) is 0 Å². The number of fused-ring (bicyclic) bond motifs is 1. The van der Waals surface area contributed by atoms with Crippen molar-refractivity contribution in [3.8, 4) is 0 Å². The highest BCUT2D eigenvalue weighted by molar-refractivity contribution is 5.83. The highest BCUT2D eigenvalue weighted by Crippen LogP contribution is 2.16. The van der Waals surface area contributed by atoms with Crippen LogP contribution < -0.4 is 0 Å². The van der Waals surface area contributed by atoms with Crippen molar-refractivity contribution in [2.75, 3.05) is 0 Å². The van der Waals surface area contributed by atoms with Crippen LogP contribution in [0.4, 0.5) is 0 Å². The monoisotopic (exact) mass is 172 g/mol. The molecule has 0 spiro atoms. The predicted molar refractivity (Wildman–Crippen MR) is 60.2 cm³/mol. The molecule has 2 rings (SSSR count). The number of aryl methyl sites for hydroxylation is 2. The minimum atomic E-state index is 0. The summed E-state index contributed by atoms with van der Waals surface area (Å²) in [6.07, 6.45) is 0. The molecule has 0 fully saturated rings. The molecule has 0 aliphatic carbocycles. The average molecular weight is 172 g/mol. The van der Waals surface area contributed by atoms with Crippen LogP contribution in [0.25, 0.3) is 10.8 Å². The highest BCUT2D eigenvalue weighted by Gasteiger charge is 1.92. The summed E-state index contributed by atoms with van der Waals surface area (Å²) in [4.78, 5) is 0. The van der Waals surface area contributed by atoms with Crippen molar-refractivity contribution < 1.29 is 0 Å². The summed E-state index contributed by atoms with van der Waals surface area (Å²) in [7, 11) is 0. The molecule has 13 heavy (non-hydrogen) atoms. The summed E-state index contributed by atoms with van der Waals surface area (Å²) >= 11 is 0. The number of benzene rings is 2. The normalized spacial score (nSPS) is 9.69. The fourth-order valence-corrected chi connectivity index (χ4v) is 1.48. The van der Waals surface area contributed by atoms with E-state index in [1.165, 1.54) is 21.9 Å². The van der Waals surface area contributed by atoms with E-state index >= 15 is 0 Å². The Labute approximate surface area is 80.2 Å². The standard InChI is InChI=1S/C12H12.CH4/c1-9-3-5-12-8-10(2)4-6-11(12)7-9;/h3-8H,1-2H3;1H4. The molecule has 2 aromatic carbocycles. The Kier molecular flexibility index (Phi) is 2.72. The predicted octanol–water partition coefficient (Wildman–Crippen LogP) is 4.09. The van der Waals surface area contributed by atoms with Crippen molar-refractivity contribution in [1.29, 1.82) is 0 Å². The molecule has 0 amide bonds. The van der Waals surface area contributed by atoms with E-state index < -0.39 is 0 Å². The Morgan fingerprint density at radius 3 is 1.46 bits per heavy atom. The van der Waals surface area contributed by atoms with Gasteiger partial charge >= 0.3 is 0 Å². The van der Waals surface area contributed by atoms with Gasteiger partial charge in [0.1, 0.15) is 0 Å². The van der Waals surface area contributed by atoms with Crippen molar-refractivity contribution in [2.24, 2.45) is 0 Å². The third-order valence-electron chi connectivity index (χ3n) is 2.15. The molecule has 0 aliphatic heterocycles.